The summed E-state index contributed by atoms with van der Waals surface area (Å²) in [5, 5.41) is 15.4. The second kappa shape index (κ2) is 5.15. The normalized spacial score (nSPS) is 10.8. The molecule has 0 aliphatic carbocycles. The lowest BCUT2D eigenvalue weighted by Crippen LogP contribution is -2.39. The molecule has 92 valence electrons. The van der Waals surface area contributed by atoms with Gasteiger partial charge in [0.05, 0.1) is 11.1 Å². The summed E-state index contributed by atoms with van der Waals surface area (Å²) >= 11 is 1.25. The van der Waals surface area contributed by atoms with Crippen LogP contribution in [0.2, 0.25) is 0 Å². The third kappa shape index (κ3) is 2.94. The molecule has 0 aliphatic heterocycles. The minimum absolute atomic E-state index is 0.0373. The number of nitriles is 1. The van der Waals surface area contributed by atoms with Crippen molar-refractivity contribution in [3.05, 3.63) is 11.3 Å². The second-order valence-corrected chi connectivity index (χ2v) is 5.17. The molecule has 1 heterocycles. The molecule has 1 rings (SSSR count). The highest BCUT2D eigenvalue weighted by atomic mass is 32.1. The van der Waals surface area contributed by atoms with E-state index in [4.69, 9.17) is 5.26 Å². The van der Waals surface area contributed by atoms with E-state index in [1.165, 1.54) is 11.5 Å². The van der Waals surface area contributed by atoms with Gasteiger partial charge in [0.25, 0.3) is 0 Å². The van der Waals surface area contributed by atoms with Crippen molar-refractivity contribution in [1.29, 1.82) is 5.26 Å². The lowest BCUT2D eigenvalue weighted by atomic mass is 9.92. The minimum atomic E-state index is -0.528. The Labute approximate surface area is 105 Å². The Morgan fingerprint density at radius 2 is 2.24 bits per heavy atom. The van der Waals surface area contributed by atoms with E-state index in [0.29, 0.717) is 12.1 Å². The summed E-state index contributed by atoms with van der Waals surface area (Å²) in [6, 6.07) is 2.11. The Balaban J connectivity index is 2.74. The first-order valence-corrected chi connectivity index (χ1v) is 6.02. The van der Waals surface area contributed by atoms with Gasteiger partial charge in [0, 0.05) is 13.6 Å². The number of aryl methyl sites for hydroxylation is 1. The number of hydrogen-bond donors (Lipinski definition) is 2. The van der Waals surface area contributed by atoms with E-state index < -0.39 is 5.41 Å². The van der Waals surface area contributed by atoms with Crippen LogP contribution in [0, 0.1) is 23.7 Å². The summed E-state index contributed by atoms with van der Waals surface area (Å²) in [4.78, 5) is 11.6. The maximum absolute atomic E-state index is 11.6. The first-order chi connectivity index (χ1) is 7.92. The number of anilines is 1. The molecule has 5 nitrogen and oxygen atoms in total. The molecule has 0 saturated carbocycles. The van der Waals surface area contributed by atoms with Crippen LogP contribution >= 0.6 is 11.5 Å². The van der Waals surface area contributed by atoms with Crippen LogP contribution in [0.4, 0.5) is 5.00 Å². The number of aromatic nitrogens is 1. The summed E-state index contributed by atoms with van der Waals surface area (Å²) in [5.74, 6) is -0.0373. The van der Waals surface area contributed by atoms with E-state index in [2.05, 4.69) is 21.1 Å². The molecule has 1 aromatic rings. The van der Waals surface area contributed by atoms with Gasteiger partial charge in [-0.2, -0.15) is 9.64 Å². The fourth-order valence-corrected chi connectivity index (χ4v) is 2.08. The van der Waals surface area contributed by atoms with Crippen molar-refractivity contribution in [1.82, 2.24) is 9.69 Å². The summed E-state index contributed by atoms with van der Waals surface area (Å²) in [5.41, 5.74) is 0.750. The molecule has 0 aliphatic rings. The van der Waals surface area contributed by atoms with Crippen LogP contribution in [0.15, 0.2) is 0 Å². The summed E-state index contributed by atoms with van der Waals surface area (Å²) in [6.07, 6.45) is 0. The summed E-state index contributed by atoms with van der Waals surface area (Å²) in [7, 11) is 1.61. The van der Waals surface area contributed by atoms with Crippen LogP contribution in [0.5, 0.6) is 0 Å². The van der Waals surface area contributed by atoms with Gasteiger partial charge in [-0.25, -0.2) is 0 Å². The Bertz CT molecular complexity index is 459. The van der Waals surface area contributed by atoms with Gasteiger partial charge in [-0.3, -0.25) is 4.79 Å². The molecule has 17 heavy (non-hydrogen) atoms. The largest absolute Gasteiger partial charge is 0.374 e. The van der Waals surface area contributed by atoms with Crippen molar-refractivity contribution in [3.8, 4) is 6.07 Å². The molecule has 6 heteroatoms. The highest BCUT2D eigenvalue weighted by Gasteiger charge is 2.27. The smallest absolute Gasteiger partial charge is 0.227 e. The zero-order chi connectivity index (χ0) is 13.1. The Hall–Kier alpha value is -1.61. The van der Waals surface area contributed by atoms with Crippen LogP contribution in [0.1, 0.15) is 25.1 Å². The highest BCUT2D eigenvalue weighted by Crippen LogP contribution is 2.25. The standard InChI is InChI=1S/C11H16N4OS/c1-7-8(5-12)9(17-15-7)14-6-11(2,3)10(16)13-4/h14H,6H2,1-4H3,(H,13,16). The van der Waals surface area contributed by atoms with Gasteiger partial charge < -0.3 is 10.6 Å². The molecule has 0 fully saturated rings. The van der Waals surface area contributed by atoms with Crippen LogP contribution in [-0.4, -0.2) is 23.9 Å². The van der Waals surface area contributed by atoms with E-state index in [-0.39, 0.29) is 5.91 Å². The molecule has 1 amide bonds. The van der Waals surface area contributed by atoms with Crippen molar-refractivity contribution in [2.75, 3.05) is 18.9 Å². The average molecular weight is 252 g/mol. The van der Waals surface area contributed by atoms with Crippen LogP contribution in [0.3, 0.4) is 0 Å². The van der Waals surface area contributed by atoms with Crippen molar-refractivity contribution >= 4 is 22.4 Å². The zero-order valence-corrected chi connectivity index (χ0v) is 11.2. The predicted molar refractivity (Wildman–Crippen MR) is 67.9 cm³/mol. The number of hydrogen-bond acceptors (Lipinski definition) is 5. The Morgan fingerprint density at radius 1 is 1.59 bits per heavy atom. The van der Waals surface area contributed by atoms with Gasteiger partial charge in [0.2, 0.25) is 5.91 Å². The third-order valence-corrected chi connectivity index (χ3v) is 3.40. The summed E-state index contributed by atoms with van der Waals surface area (Å²) in [6.45, 7) is 5.95. The summed E-state index contributed by atoms with van der Waals surface area (Å²) < 4.78 is 4.11. The monoisotopic (exact) mass is 252 g/mol. The van der Waals surface area contributed by atoms with Crippen molar-refractivity contribution in [2.45, 2.75) is 20.8 Å². The van der Waals surface area contributed by atoms with E-state index in [1.54, 1.807) is 14.0 Å². The number of amides is 1. The minimum Gasteiger partial charge on any atom is -0.374 e. The van der Waals surface area contributed by atoms with Crippen LogP contribution in [-0.2, 0) is 4.79 Å². The van der Waals surface area contributed by atoms with E-state index in [0.717, 1.165) is 10.7 Å². The highest BCUT2D eigenvalue weighted by molar-refractivity contribution is 7.10. The van der Waals surface area contributed by atoms with Crippen molar-refractivity contribution < 1.29 is 4.79 Å². The molecular formula is C11H16N4OS. The molecule has 0 spiro atoms. The first-order valence-electron chi connectivity index (χ1n) is 5.25. The zero-order valence-electron chi connectivity index (χ0n) is 10.4. The quantitative estimate of drug-likeness (QED) is 0.851. The lowest BCUT2D eigenvalue weighted by Gasteiger charge is -2.22. The van der Waals surface area contributed by atoms with Gasteiger partial charge in [0.15, 0.2) is 0 Å². The SMILES string of the molecule is CNC(=O)C(C)(C)CNc1snc(C)c1C#N. The molecule has 0 bridgehead atoms. The molecule has 1 aromatic heterocycles. The topological polar surface area (TPSA) is 77.8 Å². The first kappa shape index (κ1) is 13.5. The van der Waals surface area contributed by atoms with Gasteiger partial charge in [-0.05, 0) is 32.3 Å². The van der Waals surface area contributed by atoms with Crippen LogP contribution in [0.25, 0.3) is 0 Å². The van der Waals surface area contributed by atoms with Gasteiger partial charge in [0.1, 0.15) is 16.6 Å². The van der Waals surface area contributed by atoms with Gasteiger partial charge in [-0.15, -0.1) is 0 Å². The molecule has 0 atom stereocenters. The Morgan fingerprint density at radius 3 is 2.76 bits per heavy atom. The number of nitrogens with one attached hydrogen (secondary N) is 2. The van der Waals surface area contributed by atoms with Crippen molar-refractivity contribution in [3.63, 3.8) is 0 Å². The second-order valence-electron chi connectivity index (χ2n) is 4.40. The third-order valence-electron chi connectivity index (χ3n) is 2.51. The molecule has 0 radical (unpaired) electrons. The maximum atomic E-state index is 11.6. The Kier molecular flexibility index (Phi) is 4.07. The van der Waals surface area contributed by atoms with E-state index in [9.17, 15) is 4.79 Å². The fourth-order valence-electron chi connectivity index (χ4n) is 1.34. The number of carbonyl (C=O) groups is 1. The number of rotatable bonds is 4. The molecule has 0 saturated heterocycles. The van der Waals surface area contributed by atoms with Crippen molar-refractivity contribution in [2.24, 2.45) is 5.41 Å². The van der Waals surface area contributed by atoms with E-state index >= 15 is 0 Å². The lowest BCUT2D eigenvalue weighted by molar-refractivity contribution is -0.128. The molecule has 0 aromatic carbocycles. The van der Waals surface area contributed by atoms with E-state index in [1.807, 2.05) is 13.8 Å². The van der Waals surface area contributed by atoms with Gasteiger partial charge in [-0.1, -0.05) is 0 Å². The fraction of sp³-hybridized carbons (Fsp3) is 0.545. The maximum Gasteiger partial charge on any atom is 0.227 e. The number of nitrogens with zero attached hydrogens (tertiary/aromatic N) is 2. The molecule has 0 unspecified atom stereocenters. The van der Waals surface area contributed by atoms with Crippen LogP contribution < -0.4 is 10.6 Å². The predicted octanol–water partition coefficient (Wildman–Crippen LogP) is 1.51. The molecule has 2 N–H and O–H groups in total. The average Bonchev–Trinajstić information content (AvgIpc) is 2.66. The number of carbonyl (C=O) groups excluding carboxylic acids is 1. The van der Waals surface area contributed by atoms with Gasteiger partial charge >= 0.3 is 0 Å². The molecular weight excluding hydrogens is 236 g/mol.